The van der Waals surface area contributed by atoms with Gasteiger partial charge < -0.3 is 19.1 Å². The average Bonchev–Trinajstić information content (AvgIpc) is 2.88. The minimum Gasteiger partial charge on any atom is -0.496 e. The first-order chi connectivity index (χ1) is 12.8. The molecule has 1 aliphatic rings. The zero-order chi connectivity index (χ0) is 20.2. The lowest BCUT2D eigenvalue weighted by Crippen LogP contribution is -2.28. The number of alkyl halides is 3. The van der Waals surface area contributed by atoms with E-state index in [-0.39, 0.29) is 5.57 Å². The largest absolute Gasteiger partial charge is 0.496 e. The molecule has 0 atom stereocenters. The molecular formula is C18H16F3NO5. The summed E-state index contributed by atoms with van der Waals surface area (Å²) in [6, 6.07) is 3.63. The number of methoxy groups -OCH3 is 3. The molecule has 0 radical (unpaired) electrons. The quantitative estimate of drug-likeness (QED) is 0.744. The lowest BCUT2D eigenvalue weighted by molar-refractivity contribution is -0.139. The number of nitrogens with zero attached hydrogens (tertiary/aromatic N) is 1. The van der Waals surface area contributed by atoms with Crippen molar-refractivity contribution in [1.82, 2.24) is 0 Å². The van der Waals surface area contributed by atoms with Crippen LogP contribution >= 0.6 is 0 Å². The monoisotopic (exact) mass is 383 g/mol. The van der Waals surface area contributed by atoms with Crippen LogP contribution in [0.2, 0.25) is 0 Å². The van der Waals surface area contributed by atoms with E-state index in [4.69, 9.17) is 4.74 Å². The van der Waals surface area contributed by atoms with E-state index >= 15 is 0 Å². The van der Waals surface area contributed by atoms with Crippen LogP contribution in [0, 0.1) is 0 Å². The predicted molar refractivity (Wildman–Crippen MR) is 89.8 cm³/mol. The predicted octanol–water partition coefficient (Wildman–Crippen LogP) is 3.20. The van der Waals surface area contributed by atoms with Gasteiger partial charge in [-0.25, -0.2) is 9.59 Å². The van der Waals surface area contributed by atoms with Gasteiger partial charge in [-0.1, -0.05) is 12.1 Å². The second-order valence-corrected chi connectivity index (χ2v) is 5.17. The molecular weight excluding hydrogens is 367 g/mol. The molecule has 0 spiro atoms. The van der Waals surface area contributed by atoms with E-state index in [1.165, 1.54) is 30.5 Å². The van der Waals surface area contributed by atoms with Crippen LogP contribution in [0.4, 0.5) is 18.9 Å². The number of hydrogen-bond acceptors (Lipinski definition) is 6. The van der Waals surface area contributed by atoms with E-state index in [1.807, 2.05) is 0 Å². The number of hydrogen-bond donors (Lipinski definition) is 0. The van der Waals surface area contributed by atoms with Gasteiger partial charge in [0.25, 0.3) is 0 Å². The highest BCUT2D eigenvalue weighted by molar-refractivity contribution is 6.05. The van der Waals surface area contributed by atoms with Crippen LogP contribution in [0.25, 0.3) is 0 Å². The van der Waals surface area contributed by atoms with Crippen molar-refractivity contribution < 1.29 is 37.0 Å². The Bertz CT molecular complexity index is 840. The first-order valence-electron chi connectivity index (χ1n) is 7.55. The first-order valence-corrected chi connectivity index (χ1v) is 7.55. The van der Waals surface area contributed by atoms with Crippen molar-refractivity contribution in [1.29, 1.82) is 0 Å². The van der Waals surface area contributed by atoms with Crippen molar-refractivity contribution in [2.45, 2.75) is 6.18 Å². The molecule has 0 N–H and O–H groups in total. The molecule has 144 valence electrons. The number of ether oxygens (including phenoxy) is 3. The number of esters is 2. The van der Waals surface area contributed by atoms with Crippen molar-refractivity contribution in [3.05, 3.63) is 59.5 Å². The summed E-state index contributed by atoms with van der Waals surface area (Å²) in [6.07, 6.45) is 0.439. The van der Waals surface area contributed by atoms with Crippen LogP contribution in [-0.4, -0.2) is 33.3 Å². The molecule has 0 fully saturated rings. The smallest absolute Gasteiger partial charge is 0.421 e. The number of anilines is 1. The normalized spacial score (nSPS) is 14.1. The minimum absolute atomic E-state index is 0.259. The topological polar surface area (TPSA) is 65.1 Å². The molecule has 1 aromatic carbocycles. The van der Waals surface area contributed by atoms with Crippen molar-refractivity contribution in [2.75, 3.05) is 26.2 Å². The number of carbonyl (C=O) groups excluding carboxylic acids is 2. The third kappa shape index (κ3) is 3.97. The summed E-state index contributed by atoms with van der Waals surface area (Å²) in [4.78, 5) is 25.4. The summed E-state index contributed by atoms with van der Waals surface area (Å²) in [6.45, 7) is 0. The van der Waals surface area contributed by atoms with Gasteiger partial charge in [-0.2, -0.15) is 13.2 Å². The van der Waals surface area contributed by atoms with Crippen LogP contribution in [0.3, 0.4) is 0 Å². The third-order valence-electron chi connectivity index (χ3n) is 3.66. The van der Waals surface area contributed by atoms with Crippen molar-refractivity contribution in [3.8, 4) is 5.75 Å². The Kier molecular flexibility index (Phi) is 5.94. The fourth-order valence-corrected chi connectivity index (χ4v) is 2.53. The van der Waals surface area contributed by atoms with E-state index in [1.54, 1.807) is 0 Å². The summed E-state index contributed by atoms with van der Waals surface area (Å²) in [5, 5.41) is 0. The van der Waals surface area contributed by atoms with Gasteiger partial charge in [0, 0.05) is 6.20 Å². The molecule has 0 amide bonds. The fourth-order valence-electron chi connectivity index (χ4n) is 2.53. The van der Waals surface area contributed by atoms with E-state index in [0.717, 1.165) is 38.4 Å². The Labute approximate surface area is 153 Å². The number of carbonyl (C=O) groups is 2. The lowest BCUT2D eigenvalue weighted by atomic mass is 10.1. The molecule has 0 aliphatic carbocycles. The molecule has 1 aliphatic heterocycles. The maximum Gasteiger partial charge on any atom is 0.421 e. The summed E-state index contributed by atoms with van der Waals surface area (Å²) in [7, 11) is 3.25. The molecule has 0 unspecified atom stereocenters. The van der Waals surface area contributed by atoms with Gasteiger partial charge in [0.2, 0.25) is 0 Å². The molecule has 9 heteroatoms. The molecule has 0 aromatic heterocycles. The van der Waals surface area contributed by atoms with E-state index < -0.39 is 40.8 Å². The van der Waals surface area contributed by atoms with Crippen LogP contribution in [0.1, 0.15) is 5.56 Å². The van der Waals surface area contributed by atoms with Crippen LogP contribution in [0.15, 0.2) is 53.9 Å². The van der Waals surface area contributed by atoms with Gasteiger partial charge >= 0.3 is 18.1 Å². The number of halogens is 3. The SMILES string of the molecule is COC(=O)C1=C(C(=O)OC)N(c2cccc(OC)c2C(F)(F)F)C=CC=C1. The van der Waals surface area contributed by atoms with Gasteiger partial charge in [-0.05, 0) is 24.3 Å². The van der Waals surface area contributed by atoms with Crippen molar-refractivity contribution in [3.63, 3.8) is 0 Å². The fraction of sp³-hybridized carbons (Fsp3) is 0.222. The standard InChI is InChI=1S/C18H16F3NO5/c1-25-13-9-6-8-12(14(13)18(19,20)21)22-10-5-4-7-11(16(23)26-2)15(22)17(24)27-3/h4-10H,1-3H3. The molecule has 0 bridgehead atoms. The molecule has 6 nitrogen and oxygen atoms in total. The maximum atomic E-state index is 13.7. The van der Waals surface area contributed by atoms with E-state index in [2.05, 4.69) is 9.47 Å². The molecule has 0 saturated heterocycles. The summed E-state index contributed by atoms with van der Waals surface area (Å²) < 4.78 is 55.3. The summed E-state index contributed by atoms with van der Waals surface area (Å²) >= 11 is 0. The van der Waals surface area contributed by atoms with Gasteiger partial charge in [-0.3, -0.25) is 0 Å². The second-order valence-electron chi connectivity index (χ2n) is 5.17. The van der Waals surface area contributed by atoms with Crippen molar-refractivity contribution >= 4 is 17.6 Å². The van der Waals surface area contributed by atoms with Crippen LogP contribution < -0.4 is 9.64 Å². The molecule has 1 aromatic rings. The zero-order valence-electron chi connectivity index (χ0n) is 14.7. The maximum absolute atomic E-state index is 13.7. The second kappa shape index (κ2) is 7.98. The highest BCUT2D eigenvalue weighted by atomic mass is 19.4. The Hall–Kier alpha value is -3.23. The number of rotatable bonds is 4. The van der Waals surface area contributed by atoms with Gasteiger partial charge in [0.1, 0.15) is 17.0 Å². The van der Waals surface area contributed by atoms with Gasteiger partial charge in [-0.15, -0.1) is 0 Å². The first kappa shape index (κ1) is 20.1. The molecule has 27 heavy (non-hydrogen) atoms. The van der Waals surface area contributed by atoms with E-state index in [0.29, 0.717) is 0 Å². The van der Waals surface area contributed by atoms with E-state index in [9.17, 15) is 22.8 Å². The van der Waals surface area contributed by atoms with Gasteiger partial charge in [0.15, 0.2) is 0 Å². The Morgan fingerprint density at radius 3 is 2.22 bits per heavy atom. The molecule has 1 heterocycles. The summed E-state index contributed by atoms with van der Waals surface area (Å²) in [5.41, 5.74) is -2.20. The Morgan fingerprint density at radius 1 is 1.00 bits per heavy atom. The zero-order valence-corrected chi connectivity index (χ0v) is 14.7. The number of allylic oxidation sites excluding steroid dienone is 2. The highest BCUT2D eigenvalue weighted by Gasteiger charge is 2.40. The lowest BCUT2D eigenvalue weighted by Gasteiger charge is -2.27. The Morgan fingerprint density at radius 2 is 1.67 bits per heavy atom. The number of benzene rings is 1. The Balaban J connectivity index is 2.83. The van der Waals surface area contributed by atoms with Gasteiger partial charge in [0.05, 0.1) is 32.6 Å². The molecule has 2 rings (SSSR count). The van der Waals surface area contributed by atoms with Crippen molar-refractivity contribution in [2.24, 2.45) is 0 Å². The average molecular weight is 383 g/mol. The molecule has 0 saturated carbocycles. The van der Waals surface area contributed by atoms with Crippen LogP contribution in [0.5, 0.6) is 5.75 Å². The summed E-state index contributed by atoms with van der Waals surface area (Å²) in [5.74, 6) is -2.35. The minimum atomic E-state index is -4.79. The third-order valence-corrected chi connectivity index (χ3v) is 3.66. The highest BCUT2D eigenvalue weighted by Crippen LogP contribution is 2.44. The van der Waals surface area contributed by atoms with Crippen LogP contribution in [-0.2, 0) is 25.2 Å².